The topological polar surface area (TPSA) is 18.5 Å². The van der Waals surface area contributed by atoms with Gasteiger partial charge in [0.1, 0.15) is 5.73 Å². The standard InChI is InChI=1S/C13H18BFO2S/c1-9(10-6-7-18-8-10)11(15)14-16-12(2,3)13(4,5)17-14/h6-8H,1-5H3. The van der Waals surface area contributed by atoms with Crippen molar-refractivity contribution >= 4 is 24.0 Å². The molecule has 0 atom stereocenters. The van der Waals surface area contributed by atoms with Gasteiger partial charge in [0.2, 0.25) is 0 Å². The van der Waals surface area contributed by atoms with Gasteiger partial charge in [-0.1, -0.05) is 0 Å². The first kappa shape index (κ1) is 13.8. The van der Waals surface area contributed by atoms with Crippen LogP contribution in [0.2, 0.25) is 0 Å². The maximum Gasteiger partial charge on any atom is 0.525 e. The van der Waals surface area contributed by atoms with Crippen LogP contribution in [-0.2, 0) is 9.31 Å². The second-order valence-corrected chi connectivity index (χ2v) is 6.35. The van der Waals surface area contributed by atoms with Gasteiger partial charge in [0.15, 0.2) is 0 Å². The molecule has 2 nitrogen and oxygen atoms in total. The summed E-state index contributed by atoms with van der Waals surface area (Å²) in [5, 5.41) is 3.84. The van der Waals surface area contributed by atoms with E-state index in [4.69, 9.17) is 9.31 Å². The van der Waals surface area contributed by atoms with Crippen LogP contribution in [0.3, 0.4) is 0 Å². The molecule has 98 valence electrons. The first-order valence-corrected chi connectivity index (χ1v) is 6.93. The van der Waals surface area contributed by atoms with Gasteiger partial charge < -0.3 is 9.31 Å². The highest BCUT2D eigenvalue weighted by molar-refractivity contribution is 7.08. The average Bonchev–Trinajstić information content (AvgIpc) is 2.84. The Kier molecular flexibility index (Phi) is 3.43. The summed E-state index contributed by atoms with van der Waals surface area (Å²) in [6.07, 6.45) is 0. The number of hydrogen-bond acceptors (Lipinski definition) is 3. The molecule has 0 amide bonds. The third kappa shape index (κ3) is 2.27. The monoisotopic (exact) mass is 268 g/mol. The molecule has 1 aliphatic rings. The minimum atomic E-state index is -0.908. The zero-order valence-electron chi connectivity index (χ0n) is 11.4. The van der Waals surface area contributed by atoms with Crippen LogP contribution in [0.1, 0.15) is 40.2 Å². The Hall–Kier alpha value is -0.645. The lowest BCUT2D eigenvalue weighted by molar-refractivity contribution is 0.00578. The molecule has 0 bridgehead atoms. The molecule has 1 aliphatic heterocycles. The van der Waals surface area contributed by atoms with Crippen LogP contribution in [0, 0.1) is 0 Å². The molecule has 1 aromatic heterocycles. The van der Waals surface area contributed by atoms with Crippen LogP contribution < -0.4 is 0 Å². The summed E-state index contributed by atoms with van der Waals surface area (Å²) >= 11 is 1.54. The lowest BCUT2D eigenvalue weighted by Gasteiger charge is -2.32. The van der Waals surface area contributed by atoms with E-state index in [2.05, 4.69) is 0 Å². The summed E-state index contributed by atoms with van der Waals surface area (Å²) in [6, 6.07) is 1.89. The van der Waals surface area contributed by atoms with Crippen molar-refractivity contribution in [2.24, 2.45) is 0 Å². The van der Waals surface area contributed by atoms with Crippen molar-refractivity contribution in [2.75, 3.05) is 0 Å². The molecule has 2 rings (SSSR count). The largest absolute Gasteiger partial charge is 0.525 e. The molecule has 2 heterocycles. The Morgan fingerprint density at radius 1 is 1.22 bits per heavy atom. The van der Waals surface area contributed by atoms with E-state index in [1.54, 1.807) is 18.3 Å². The quantitative estimate of drug-likeness (QED) is 0.752. The lowest BCUT2D eigenvalue weighted by Crippen LogP contribution is -2.41. The number of thiophene rings is 1. The molecule has 1 saturated heterocycles. The van der Waals surface area contributed by atoms with Crippen LogP contribution in [0.4, 0.5) is 4.39 Å². The minimum absolute atomic E-state index is 0.341. The molecule has 0 spiro atoms. The fourth-order valence-electron chi connectivity index (χ4n) is 1.74. The molecule has 0 N–H and O–H groups in total. The van der Waals surface area contributed by atoms with Crippen LogP contribution in [-0.4, -0.2) is 18.3 Å². The molecule has 18 heavy (non-hydrogen) atoms. The van der Waals surface area contributed by atoms with Gasteiger partial charge in [0.05, 0.1) is 11.2 Å². The predicted molar refractivity (Wildman–Crippen MR) is 74.1 cm³/mol. The zero-order chi connectivity index (χ0) is 13.6. The van der Waals surface area contributed by atoms with Gasteiger partial charge in [-0.3, -0.25) is 0 Å². The minimum Gasteiger partial charge on any atom is -0.398 e. The van der Waals surface area contributed by atoms with E-state index in [9.17, 15) is 4.39 Å². The molecule has 0 radical (unpaired) electrons. The maximum absolute atomic E-state index is 14.4. The fourth-order valence-corrected chi connectivity index (χ4v) is 2.44. The molecule has 5 heteroatoms. The third-order valence-electron chi connectivity index (χ3n) is 3.77. The van der Waals surface area contributed by atoms with Crippen molar-refractivity contribution in [3.63, 3.8) is 0 Å². The summed E-state index contributed by atoms with van der Waals surface area (Å²) in [6.45, 7) is 9.42. The molecular weight excluding hydrogens is 250 g/mol. The number of rotatable bonds is 2. The summed E-state index contributed by atoms with van der Waals surface area (Å²) in [7, 11) is -0.908. The van der Waals surface area contributed by atoms with Gasteiger partial charge in [-0.15, -0.1) is 0 Å². The van der Waals surface area contributed by atoms with E-state index in [1.165, 1.54) is 0 Å². The van der Waals surface area contributed by atoms with Gasteiger partial charge in [-0.05, 0) is 62.6 Å². The van der Waals surface area contributed by atoms with Crippen molar-refractivity contribution in [3.8, 4) is 0 Å². The number of hydrogen-bond donors (Lipinski definition) is 0. The summed E-state index contributed by atoms with van der Waals surface area (Å²) in [5.74, 6) is 0. The van der Waals surface area contributed by atoms with E-state index < -0.39 is 18.3 Å². The van der Waals surface area contributed by atoms with Crippen LogP contribution >= 0.6 is 11.3 Å². The highest BCUT2D eigenvalue weighted by atomic mass is 32.1. The Morgan fingerprint density at radius 3 is 2.22 bits per heavy atom. The van der Waals surface area contributed by atoms with Gasteiger partial charge in [-0.25, -0.2) is 4.39 Å². The van der Waals surface area contributed by atoms with Crippen LogP contribution in [0.5, 0.6) is 0 Å². The summed E-state index contributed by atoms with van der Waals surface area (Å²) in [5.41, 5.74) is 0.0995. The number of halogens is 1. The smallest absolute Gasteiger partial charge is 0.398 e. The Labute approximate surface area is 112 Å². The Balaban J connectivity index is 2.27. The van der Waals surface area contributed by atoms with Gasteiger partial charge in [-0.2, -0.15) is 11.3 Å². The average molecular weight is 268 g/mol. The molecule has 0 aromatic carbocycles. The number of allylic oxidation sites excluding steroid dienone is 1. The SMILES string of the molecule is CC(=C(F)B1OC(C)(C)C(C)(C)O1)c1ccsc1. The second kappa shape index (κ2) is 4.47. The van der Waals surface area contributed by atoms with Crippen molar-refractivity contribution in [2.45, 2.75) is 45.8 Å². The molecule has 0 saturated carbocycles. The highest BCUT2D eigenvalue weighted by Crippen LogP contribution is 2.40. The van der Waals surface area contributed by atoms with E-state index >= 15 is 0 Å². The van der Waals surface area contributed by atoms with Gasteiger partial charge in [0.25, 0.3) is 0 Å². The van der Waals surface area contributed by atoms with Gasteiger partial charge in [0, 0.05) is 0 Å². The Bertz CT molecular complexity index is 449. The fraction of sp³-hybridized carbons (Fsp3) is 0.538. The van der Waals surface area contributed by atoms with Crippen molar-refractivity contribution < 1.29 is 13.7 Å². The van der Waals surface area contributed by atoms with Gasteiger partial charge >= 0.3 is 7.12 Å². The van der Waals surface area contributed by atoms with E-state index in [0.717, 1.165) is 5.56 Å². The van der Waals surface area contributed by atoms with E-state index in [0.29, 0.717) is 5.57 Å². The van der Waals surface area contributed by atoms with E-state index in [-0.39, 0.29) is 5.73 Å². The molecule has 0 aliphatic carbocycles. The van der Waals surface area contributed by atoms with E-state index in [1.807, 2.05) is 44.5 Å². The molecular formula is C13H18BFO2S. The lowest BCUT2D eigenvalue weighted by atomic mass is 9.84. The first-order chi connectivity index (χ1) is 8.24. The Morgan fingerprint density at radius 2 is 1.78 bits per heavy atom. The maximum atomic E-state index is 14.4. The van der Waals surface area contributed by atoms with Crippen molar-refractivity contribution in [1.29, 1.82) is 0 Å². The highest BCUT2D eigenvalue weighted by Gasteiger charge is 2.53. The third-order valence-corrected chi connectivity index (χ3v) is 4.46. The zero-order valence-corrected chi connectivity index (χ0v) is 12.2. The first-order valence-electron chi connectivity index (χ1n) is 5.99. The molecule has 1 fully saturated rings. The molecule has 1 aromatic rings. The predicted octanol–water partition coefficient (Wildman–Crippen LogP) is 4.08. The van der Waals surface area contributed by atoms with Crippen molar-refractivity contribution in [3.05, 3.63) is 28.1 Å². The van der Waals surface area contributed by atoms with Crippen LogP contribution in [0.15, 0.2) is 22.6 Å². The molecule has 0 unspecified atom stereocenters. The summed E-state index contributed by atoms with van der Waals surface area (Å²) in [4.78, 5) is 0. The normalized spacial score (nSPS) is 23.1. The van der Waals surface area contributed by atoms with Crippen molar-refractivity contribution in [1.82, 2.24) is 0 Å². The second-order valence-electron chi connectivity index (χ2n) is 5.57. The summed E-state index contributed by atoms with van der Waals surface area (Å²) < 4.78 is 25.8. The van der Waals surface area contributed by atoms with Crippen LogP contribution in [0.25, 0.3) is 5.57 Å².